The first-order chi connectivity index (χ1) is 11.7. The Morgan fingerprint density at radius 1 is 1.25 bits per heavy atom. The van der Waals surface area contributed by atoms with E-state index in [9.17, 15) is 9.59 Å². The average Bonchev–Trinajstić information content (AvgIpc) is 2.84. The number of piperidine rings is 1. The molecule has 5 heteroatoms. The highest BCUT2D eigenvalue weighted by Crippen LogP contribution is 2.22. The summed E-state index contributed by atoms with van der Waals surface area (Å²) in [6.07, 6.45) is 8.60. The molecule has 0 aromatic carbocycles. The number of aromatic amines is 1. The Bertz CT molecular complexity index is 630. The van der Waals surface area contributed by atoms with Crippen LogP contribution in [0.25, 0.3) is 0 Å². The van der Waals surface area contributed by atoms with Crippen LogP contribution in [0, 0.1) is 5.92 Å². The first-order valence-electron chi connectivity index (χ1n) is 9.38. The highest BCUT2D eigenvalue weighted by atomic mass is 16.2. The Morgan fingerprint density at radius 2 is 2.00 bits per heavy atom. The Labute approximate surface area is 143 Å². The van der Waals surface area contributed by atoms with Crippen molar-refractivity contribution < 1.29 is 4.79 Å². The Hall–Kier alpha value is -1.62. The van der Waals surface area contributed by atoms with Crippen molar-refractivity contribution in [1.29, 1.82) is 0 Å². The van der Waals surface area contributed by atoms with Gasteiger partial charge >= 0.3 is 0 Å². The zero-order valence-electron chi connectivity index (χ0n) is 14.7. The second kappa shape index (κ2) is 7.97. The van der Waals surface area contributed by atoms with Crippen LogP contribution in [0.2, 0.25) is 0 Å². The fraction of sp³-hybridized carbons (Fsp3) is 0.684. The number of amides is 1. The molecule has 5 nitrogen and oxygen atoms in total. The molecule has 1 aliphatic carbocycles. The van der Waals surface area contributed by atoms with Crippen molar-refractivity contribution in [3.8, 4) is 0 Å². The molecule has 0 saturated carbocycles. The van der Waals surface area contributed by atoms with Crippen LogP contribution in [-0.4, -0.2) is 42.5 Å². The van der Waals surface area contributed by atoms with Gasteiger partial charge in [0.05, 0.1) is 0 Å². The fourth-order valence-electron chi connectivity index (χ4n) is 3.95. The number of hydrogen-bond acceptors (Lipinski definition) is 3. The molecule has 0 spiro atoms. The summed E-state index contributed by atoms with van der Waals surface area (Å²) < 4.78 is 0. The lowest BCUT2D eigenvalue weighted by molar-refractivity contribution is 0.0685. The SMILES string of the molecule is CNCCC1CCN(C(=O)c2cc3c([nH]c2=O)CCCCC3)CC1. The molecular formula is C19H29N3O2. The van der Waals surface area contributed by atoms with Crippen molar-refractivity contribution in [2.45, 2.75) is 51.4 Å². The van der Waals surface area contributed by atoms with Crippen LogP contribution < -0.4 is 10.9 Å². The van der Waals surface area contributed by atoms with Gasteiger partial charge in [-0.25, -0.2) is 0 Å². The molecule has 132 valence electrons. The number of H-pyrrole nitrogens is 1. The van der Waals surface area contributed by atoms with E-state index in [0.717, 1.165) is 70.3 Å². The van der Waals surface area contributed by atoms with E-state index in [1.54, 1.807) is 0 Å². The number of aromatic nitrogens is 1. The maximum Gasteiger partial charge on any atom is 0.261 e. The second-order valence-corrected chi connectivity index (χ2v) is 7.20. The van der Waals surface area contributed by atoms with Gasteiger partial charge in [-0.05, 0) is 76.1 Å². The van der Waals surface area contributed by atoms with Gasteiger partial charge in [-0.1, -0.05) is 6.42 Å². The van der Waals surface area contributed by atoms with Crippen LogP contribution in [-0.2, 0) is 12.8 Å². The lowest BCUT2D eigenvalue weighted by Crippen LogP contribution is -2.41. The number of fused-ring (bicyclic) bond motifs is 1. The Kier molecular flexibility index (Phi) is 5.72. The topological polar surface area (TPSA) is 65.2 Å². The number of nitrogens with one attached hydrogen (secondary N) is 2. The Balaban J connectivity index is 1.69. The highest BCUT2D eigenvalue weighted by Gasteiger charge is 2.25. The minimum Gasteiger partial charge on any atom is -0.338 e. The van der Waals surface area contributed by atoms with Gasteiger partial charge in [0.15, 0.2) is 0 Å². The molecule has 1 aliphatic heterocycles. The van der Waals surface area contributed by atoms with Crippen molar-refractivity contribution in [2.24, 2.45) is 5.92 Å². The number of aryl methyl sites for hydroxylation is 2. The van der Waals surface area contributed by atoms with Crippen molar-refractivity contribution in [2.75, 3.05) is 26.7 Å². The van der Waals surface area contributed by atoms with E-state index in [-0.39, 0.29) is 11.5 Å². The van der Waals surface area contributed by atoms with Crippen LogP contribution in [0.3, 0.4) is 0 Å². The average molecular weight is 331 g/mol. The summed E-state index contributed by atoms with van der Waals surface area (Å²) in [5.74, 6) is 0.599. The molecule has 0 bridgehead atoms. The van der Waals surface area contributed by atoms with Crippen molar-refractivity contribution in [3.05, 3.63) is 33.2 Å². The summed E-state index contributed by atoms with van der Waals surface area (Å²) in [5, 5.41) is 3.19. The molecule has 1 amide bonds. The van der Waals surface area contributed by atoms with Gasteiger partial charge in [0.2, 0.25) is 0 Å². The summed E-state index contributed by atoms with van der Waals surface area (Å²) in [7, 11) is 1.98. The van der Waals surface area contributed by atoms with E-state index in [4.69, 9.17) is 0 Å². The molecule has 3 rings (SSSR count). The number of nitrogens with zero attached hydrogens (tertiary/aromatic N) is 1. The number of pyridine rings is 1. The predicted molar refractivity (Wildman–Crippen MR) is 95.5 cm³/mol. The van der Waals surface area contributed by atoms with E-state index in [2.05, 4.69) is 10.3 Å². The monoisotopic (exact) mass is 331 g/mol. The van der Waals surface area contributed by atoms with Gasteiger partial charge < -0.3 is 15.2 Å². The maximum atomic E-state index is 12.8. The smallest absolute Gasteiger partial charge is 0.261 e. The number of likely N-dealkylation sites (tertiary alicyclic amines) is 1. The van der Waals surface area contributed by atoms with E-state index in [1.807, 2.05) is 18.0 Å². The molecule has 2 aliphatic rings. The quantitative estimate of drug-likeness (QED) is 0.831. The highest BCUT2D eigenvalue weighted by molar-refractivity contribution is 5.94. The number of rotatable bonds is 4. The predicted octanol–water partition coefficient (Wildman–Crippen LogP) is 2.11. The molecule has 1 aromatic heterocycles. The third-order valence-electron chi connectivity index (χ3n) is 5.52. The third kappa shape index (κ3) is 3.89. The van der Waals surface area contributed by atoms with Crippen LogP contribution in [0.1, 0.15) is 60.1 Å². The minimum atomic E-state index is -0.210. The molecule has 0 radical (unpaired) electrons. The molecule has 2 N–H and O–H groups in total. The van der Waals surface area contributed by atoms with Crippen molar-refractivity contribution in [1.82, 2.24) is 15.2 Å². The molecule has 1 aromatic rings. The first-order valence-corrected chi connectivity index (χ1v) is 9.38. The summed E-state index contributed by atoms with van der Waals surface area (Å²) in [6, 6.07) is 1.87. The normalized spacial score (nSPS) is 19.0. The van der Waals surface area contributed by atoms with E-state index >= 15 is 0 Å². The lowest BCUT2D eigenvalue weighted by atomic mass is 9.93. The largest absolute Gasteiger partial charge is 0.338 e. The van der Waals surface area contributed by atoms with Crippen molar-refractivity contribution in [3.63, 3.8) is 0 Å². The molecule has 24 heavy (non-hydrogen) atoms. The summed E-state index contributed by atoms with van der Waals surface area (Å²) in [5.41, 5.74) is 2.33. The van der Waals surface area contributed by atoms with E-state index in [0.29, 0.717) is 11.5 Å². The van der Waals surface area contributed by atoms with Gasteiger partial charge in [0, 0.05) is 18.8 Å². The van der Waals surface area contributed by atoms with Crippen LogP contribution in [0.4, 0.5) is 0 Å². The summed E-state index contributed by atoms with van der Waals surface area (Å²) in [4.78, 5) is 30.0. The summed E-state index contributed by atoms with van der Waals surface area (Å²) >= 11 is 0. The van der Waals surface area contributed by atoms with Crippen LogP contribution >= 0.6 is 0 Å². The van der Waals surface area contributed by atoms with Gasteiger partial charge in [-0.2, -0.15) is 0 Å². The lowest BCUT2D eigenvalue weighted by Gasteiger charge is -2.32. The molecule has 1 fully saturated rings. The molecule has 2 heterocycles. The number of hydrogen-bond donors (Lipinski definition) is 2. The second-order valence-electron chi connectivity index (χ2n) is 7.20. The van der Waals surface area contributed by atoms with Gasteiger partial charge in [-0.15, -0.1) is 0 Å². The van der Waals surface area contributed by atoms with Crippen LogP contribution in [0.15, 0.2) is 10.9 Å². The fourth-order valence-corrected chi connectivity index (χ4v) is 3.95. The van der Waals surface area contributed by atoms with Crippen molar-refractivity contribution >= 4 is 5.91 Å². The molecule has 1 saturated heterocycles. The minimum absolute atomic E-state index is 0.0876. The molecule has 0 unspecified atom stereocenters. The number of carbonyl (C=O) groups excluding carboxylic acids is 1. The zero-order valence-corrected chi connectivity index (χ0v) is 14.7. The van der Waals surface area contributed by atoms with Crippen LogP contribution in [0.5, 0.6) is 0 Å². The molecular weight excluding hydrogens is 302 g/mol. The van der Waals surface area contributed by atoms with Gasteiger partial charge in [-0.3, -0.25) is 9.59 Å². The standard InChI is InChI=1S/C19H29N3O2/c1-20-10-7-14-8-11-22(12-9-14)19(24)16-13-15-5-3-2-4-6-17(15)21-18(16)23/h13-14,20H,2-12H2,1H3,(H,21,23). The first kappa shape index (κ1) is 17.2. The maximum absolute atomic E-state index is 12.8. The third-order valence-corrected chi connectivity index (χ3v) is 5.52. The summed E-state index contributed by atoms with van der Waals surface area (Å²) in [6.45, 7) is 2.57. The van der Waals surface area contributed by atoms with Gasteiger partial charge in [0.1, 0.15) is 5.56 Å². The molecule has 0 atom stereocenters. The zero-order chi connectivity index (χ0) is 16.9. The van der Waals surface area contributed by atoms with E-state index < -0.39 is 0 Å². The number of carbonyl (C=O) groups is 1. The Morgan fingerprint density at radius 3 is 2.75 bits per heavy atom. The van der Waals surface area contributed by atoms with Gasteiger partial charge in [0.25, 0.3) is 11.5 Å². The van der Waals surface area contributed by atoms with E-state index in [1.165, 1.54) is 12.0 Å².